The summed E-state index contributed by atoms with van der Waals surface area (Å²) < 4.78 is 5.94. The van der Waals surface area contributed by atoms with Crippen LogP contribution in [0.3, 0.4) is 0 Å². The number of carbonyl (C=O) groups is 1. The van der Waals surface area contributed by atoms with Crippen LogP contribution in [0.1, 0.15) is 55.5 Å². The Kier molecular flexibility index (Phi) is 5.67. The Morgan fingerprint density at radius 3 is 2.66 bits per heavy atom. The first-order chi connectivity index (χ1) is 14.0. The van der Waals surface area contributed by atoms with Crippen molar-refractivity contribution in [2.75, 3.05) is 25.0 Å². The van der Waals surface area contributed by atoms with E-state index in [1.165, 1.54) is 5.56 Å². The van der Waals surface area contributed by atoms with Crippen LogP contribution in [0.5, 0.6) is 0 Å². The standard InChI is InChI=1S/C24H29N3O2/c1-16(2)19-8-6-7-17(3)23(19)26-22(28)15-27-13-11-18(12-14-27)24-25-20-9-4-5-10-21(20)29-24/h4-10,16,18H,11-15H2,1-3H3,(H,26,28). The van der Waals surface area contributed by atoms with E-state index in [4.69, 9.17) is 4.42 Å². The van der Waals surface area contributed by atoms with E-state index in [0.717, 1.165) is 54.2 Å². The van der Waals surface area contributed by atoms with Crippen LogP contribution in [0.25, 0.3) is 11.1 Å². The largest absolute Gasteiger partial charge is 0.440 e. The zero-order valence-corrected chi connectivity index (χ0v) is 17.4. The number of hydrogen-bond acceptors (Lipinski definition) is 4. The van der Waals surface area contributed by atoms with Gasteiger partial charge in [-0.15, -0.1) is 0 Å². The van der Waals surface area contributed by atoms with E-state index >= 15 is 0 Å². The number of fused-ring (bicyclic) bond motifs is 1. The van der Waals surface area contributed by atoms with Gasteiger partial charge in [-0.25, -0.2) is 4.98 Å². The van der Waals surface area contributed by atoms with Crippen LogP contribution in [0.2, 0.25) is 0 Å². The number of oxazole rings is 1. The van der Waals surface area contributed by atoms with Crippen molar-refractivity contribution in [3.8, 4) is 0 Å². The second-order valence-corrected chi connectivity index (χ2v) is 8.31. The molecule has 1 amide bonds. The molecule has 0 saturated carbocycles. The molecule has 4 rings (SSSR count). The maximum Gasteiger partial charge on any atom is 0.238 e. The van der Waals surface area contributed by atoms with Crippen molar-refractivity contribution in [1.29, 1.82) is 0 Å². The summed E-state index contributed by atoms with van der Waals surface area (Å²) in [5.74, 6) is 1.58. The summed E-state index contributed by atoms with van der Waals surface area (Å²) in [5.41, 5.74) is 5.04. The summed E-state index contributed by atoms with van der Waals surface area (Å²) >= 11 is 0. The number of benzene rings is 2. The van der Waals surface area contributed by atoms with Crippen LogP contribution in [-0.2, 0) is 4.79 Å². The van der Waals surface area contributed by atoms with Crippen LogP contribution in [0, 0.1) is 6.92 Å². The van der Waals surface area contributed by atoms with Gasteiger partial charge in [0.2, 0.25) is 5.91 Å². The lowest BCUT2D eigenvalue weighted by atomic mass is 9.96. The van der Waals surface area contributed by atoms with Gasteiger partial charge in [0, 0.05) is 11.6 Å². The van der Waals surface area contributed by atoms with Gasteiger partial charge in [-0.3, -0.25) is 9.69 Å². The molecule has 29 heavy (non-hydrogen) atoms. The molecule has 2 heterocycles. The van der Waals surface area contributed by atoms with E-state index in [9.17, 15) is 4.79 Å². The fourth-order valence-electron chi connectivity index (χ4n) is 4.13. The number of aromatic nitrogens is 1. The molecule has 0 bridgehead atoms. The molecule has 0 radical (unpaired) electrons. The third-order valence-corrected chi connectivity index (χ3v) is 5.81. The second kappa shape index (κ2) is 8.37. The van der Waals surface area contributed by atoms with Gasteiger partial charge in [0.1, 0.15) is 5.52 Å². The van der Waals surface area contributed by atoms with Crippen molar-refractivity contribution in [3.05, 3.63) is 59.5 Å². The summed E-state index contributed by atoms with van der Waals surface area (Å²) in [6.07, 6.45) is 1.92. The summed E-state index contributed by atoms with van der Waals surface area (Å²) in [4.78, 5) is 19.6. The molecule has 1 fully saturated rings. The van der Waals surface area contributed by atoms with Gasteiger partial charge in [0.15, 0.2) is 11.5 Å². The third-order valence-electron chi connectivity index (χ3n) is 5.81. The number of anilines is 1. The number of amides is 1. The highest BCUT2D eigenvalue weighted by Crippen LogP contribution is 2.30. The summed E-state index contributed by atoms with van der Waals surface area (Å²) in [7, 11) is 0. The first kappa shape index (κ1) is 19.6. The second-order valence-electron chi connectivity index (χ2n) is 8.31. The number of nitrogens with one attached hydrogen (secondary N) is 1. The highest BCUT2D eigenvalue weighted by Gasteiger charge is 2.26. The lowest BCUT2D eigenvalue weighted by Crippen LogP contribution is -2.39. The van der Waals surface area contributed by atoms with Crippen molar-refractivity contribution in [2.24, 2.45) is 0 Å². The van der Waals surface area contributed by atoms with Gasteiger partial charge in [-0.2, -0.15) is 0 Å². The highest BCUT2D eigenvalue weighted by molar-refractivity contribution is 5.94. The topological polar surface area (TPSA) is 58.4 Å². The van der Waals surface area contributed by atoms with Gasteiger partial charge in [-0.1, -0.05) is 44.2 Å². The van der Waals surface area contributed by atoms with Gasteiger partial charge in [0.05, 0.1) is 6.54 Å². The molecule has 152 valence electrons. The van der Waals surface area contributed by atoms with Gasteiger partial charge in [-0.05, 0) is 62.0 Å². The average Bonchev–Trinajstić information content (AvgIpc) is 3.14. The zero-order chi connectivity index (χ0) is 20.4. The Hall–Kier alpha value is -2.66. The van der Waals surface area contributed by atoms with Gasteiger partial charge in [0.25, 0.3) is 0 Å². The predicted octanol–water partition coefficient (Wildman–Crippen LogP) is 5.08. The van der Waals surface area contributed by atoms with Crippen molar-refractivity contribution in [2.45, 2.75) is 45.4 Å². The fraction of sp³-hybridized carbons (Fsp3) is 0.417. The molecule has 0 aliphatic carbocycles. The maximum atomic E-state index is 12.7. The molecule has 1 aliphatic heterocycles. The van der Waals surface area contributed by atoms with E-state index in [1.54, 1.807) is 0 Å². The Morgan fingerprint density at radius 2 is 1.93 bits per heavy atom. The smallest absolute Gasteiger partial charge is 0.238 e. The minimum atomic E-state index is 0.0570. The number of carbonyl (C=O) groups excluding carboxylic acids is 1. The minimum absolute atomic E-state index is 0.0570. The number of piperidine rings is 1. The molecule has 0 spiro atoms. The summed E-state index contributed by atoms with van der Waals surface area (Å²) in [5, 5.41) is 3.16. The molecule has 1 aromatic heterocycles. The Morgan fingerprint density at radius 1 is 1.17 bits per heavy atom. The summed E-state index contributed by atoms with van der Waals surface area (Å²) in [6, 6.07) is 14.1. The SMILES string of the molecule is Cc1cccc(C(C)C)c1NC(=O)CN1CCC(c2nc3ccccc3o2)CC1. The van der Waals surface area contributed by atoms with Gasteiger partial charge < -0.3 is 9.73 Å². The number of nitrogens with zero attached hydrogens (tertiary/aromatic N) is 2. The van der Waals surface area contributed by atoms with Gasteiger partial charge >= 0.3 is 0 Å². The van der Waals surface area contributed by atoms with Crippen LogP contribution in [0.15, 0.2) is 46.9 Å². The summed E-state index contributed by atoms with van der Waals surface area (Å²) in [6.45, 7) is 8.53. The van der Waals surface area contributed by atoms with Crippen LogP contribution >= 0.6 is 0 Å². The van der Waals surface area contributed by atoms with Crippen molar-refractivity contribution in [1.82, 2.24) is 9.88 Å². The van der Waals surface area contributed by atoms with E-state index in [2.05, 4.69) is 41.2 Å². The number of para-hydroxylation sites is 3. The normalized spacial score (nSPS) is 15.9. The average molecular weight is 392 g/mol. The predicted molar refractivity (Wildman–Crippen MR) is 116 cm³/mol. The molecule has 3 aromatic rings. The zero-order valence-electron chi connectivity index (χ0n) is 17.4. The van der Waals surface area contributed by atoms with E-state index in [-0.39, 0.29) is 5.91 Å². The quantitative estimate of drug-likeness (QED) is 0.659. The monoisotopic (exact) mass is 391 g/mol. The molecule has 0 atom stereocenters. The Bertz CT molecular complexity index is 967. The van der Waals surface area contributed by atoms with Crippen LogP contribution < -0.4 is 5.32 Å². The maximum absolute atomic E-state index is 12.7. The number of likely N-dealkylation sites (tertiary alicyclic amines) is 1. The van der Waals surface area contributed by atoms with Crippen LogP contribution in [0.4, 0.5) is 5.69 Å². The minimum Gasteiger partial charge on any atom is -0.440 e. The lowest BCUT2D eigenvalue weighted by Gasteiger charge is -2.30. The number of hydrogen-bond donors (Lipinski definition) is 1. The molecule has 5 nitrogen and oxygen atoms in total. The fourth-order valence-corrected chi connectivity index (χ4v) is 4.13. The van der Waals surface area contributed by atoms with Crippen LogP contribution in [-0.4, -0.2) is 35.4 Å². The van der Waals surface area contributed by atoms with Crippen molar-refractivity contribution >= 4 is 22.7 Å². The first-order valence-corrected chi connectivity index (χ1v) is 10.5. The highest BCUT2D eigenvalue weighted by atomic mass is 16.3. The van der Waals surface area contributed by atoms with Crippen molar-refractivity contribution < 1.29 is 9.21 Å². The number of aryl methyl sites for hydroxylation is 1. The Balaban J connectivity index is 1.34. The third kappa shape index (κ3) is 4.35. The molecule has 1 aliphatic rings. The van der Waals surface area contributed by atoms with E-state index in [1.807, 2.05) is 37.3 Å². The molecule has 0 unspecified atom stereocenters. The van der Waals surface area contributed by atoms with E-state index in [0.29, 0.717) is 18.4 Å². The molecule has 1 N–H and O–H groups in total. The Labute approximate surface area is 172 Å². The molecular weight excluding hydrogens is 362 g/mol. The molecular formula is C24H29N3O2. The van der Waals surface area contributed by atoms with Crippen molar-refractivity contribution in [3.63, 3.8) is 0 Å². The number of rotatable bonds is 5. The molecule has 2 aromatic carbocycles. The molecule has 5 heteroatoms. The van der Waals surface area contributed by atoms with E-state index < -0.39 is 0 Å². The first-order valence-electron chi connectivity index (χ1n) is 10.5. The lowest BCUT2D eigenvalue weighted by molar-refractivity contribution is -0.117. The molecule has 1 saturated heterocycles.